The number of hydrogen-bond acceptors (Lipinski definition) is 8. The van der Waals surface area contributed by atoms with Gasteiger partial charge in [-0.3, -0.25) is 19.2 Å². The Morgan fingerprint density at radius 3 is 2.00 bits per heavy atom. The largest absolute Gasteiger partial charge is 0.508 e. The summed E-state index contributed by atoms with van der Waals surface area (Å²) in [5.41, 5.74) is 5.99. The summed E-state index contributed by atoms with van der Waals surface area (Å²) in [6.45, 7) is -2.17. The first-order valence-corrected chi connectivity index (χ1v) is 8.53. The van der Waals surface area contributed by atoms with Crippen LogP contribution in [0.1, 0.15) is 5.56 Å². The lowest BCUT2D eigenvalue weighted by Gasteiger charge is -2.23. The van der Waals surface area contributed by atoms with Gasteiger partial charge in [0, 0.05) is 6.42 Å². The van der Waals surface area contributed by atoms with Gasteiger partial charge in [0.1, 0.15) is 30.4 Å². The van der Waals surface area contributed by atoms with E-state index >= 15 is 0 Å². The monoisotopic (exact) mass is 412 g/mol. The molecule has 1 aromatic carbocycles. The maximum atomic E-state index is 12.6. The molecule has 0 aliphatic heterocycles. The smallest absolute Gasteiger partial charge is 0.322 e. The van der Waals surface area contributed by atoms with E-state index < -0.39 is 61.6 Å². The van der Waals surface area contributed by atoms with Gasteiger partial charge in [-0.1, -0.05) is 12.1 Å². The van der Waals surface area contributed by atoms with Crippen LogP contribution >= 0.6 is 0 Å². The minimum Gasteiger partial charge on any atom is -0.508 e. The molecule has 1 rings (SSSR count). The summed E-state index contributed by atoms with van der Waals surface area (Å²) in [4.78, 5) is 47.0. The van der Waals surface area contributed by atoms with Gasteiger partial charge in [-0.25, -0.2) is 0 Å². The molecular weight excluding hydrogens is 388 g/mol. The van der Waals surface area contributed by atoms with E-state index in [-0.39, 0.29) is 12.2 Å². The van der Waals surface area contributed by atoms with Crippen LogP contribution < -0.4 is 21.7 Å². The first-order valence-electron chi connectivity index (χ1n) is 8.53. The van der Waals surface area contributed by atoms with Gasteiger partial charge < -0.3 is 42.1 Å². The normalized spacial score (nSPS) is 13.6. The maximum absolute atomic E-state index is 12.6. The van der Waals surface area contributed by atoms with E-state index in [0.29, 0.717) is 5.56 Å². The molecule has 0 heterocycles. The number of rotatable bonds is 11. The number of carboxylic acid groups (broad SMARTS) is 1. The molecule has 160 valence electrons. The fourth-order valence-electron chi connectivity index (χ4n) is 2.19. The van der Waals surface area contributed by atoms with Crippen molar-refractivity contribution in [2.24, 2.45) is 5.73 Å². The van der Waals surface area contributed by atoms with Crippen LogP contribution in [-0.2, 0) is 25.6 Å². The minimum atomic E-state index is -1.45. The Hall–Kier alpha value is -3.22. The molecular formula is C17H24N4O8. The summed E-state index contributed by atoms with van der Waals surface area (Å²) in [7, 11) is 0. The lowest BCUT2D eigenvalue weighted by molar-refractivity contribution is -0.139. The van der Waals surface area contributed by atoms with Crippen LogP contribution in [0.15, 0.2) is 24.3 Å². The van der Waals surface area contributed by atoms with Crippen LogP contribution in [0.2, 0.25) is 0 Å². The molecule has 12 nitrogen and oxygen atoms in total. The number of benzene rings is 1. The quantitative estimate of drug-likeness (QED) is 0.180. The molecule has 3 amide bonds. The number of hydrogen-bond donors (Lipinski definition) is 8. The highest BCUT2D eigenvalue weighted by Crippen LogP contribution is 2.11. The van der Waals surface area contributed by atoms with Gasteiger partial charge in [-0.15, -0.1) is 0 Å². The summed E-state index contributed by atoms with van der Waals surface area (Å²) < 4.78 is 0. The molecule has 0 aromatic heterocycles. The topological polar surface area (TPSA) is 211 Å². The highest BCUT2D eigenvalue weighted by atomic mass is 16.4. The van der Waals surface area contributed by atoms with Crippen LogP contribution in [0.25, 0.3) is 0 Å². The Morgan fingerprint density at radius 2 is 1.48 bits per heavy atom. The molecule has 0 spiro atoms. The van der Waals surface area contributed by atoms with Gasteiger partial charge in [0.25, 0.3) is 0 Å². The third kappa shape index (κ3) is 8.13. The molecule has 0 fully saturated rings. The van der Waals surface area contributed by atoms with E-state index in [2.05, 4.69) is 10.6 Å². The van der Waals surface area contributed by atoms with Crippen LogP contribution in [0, 0.1) is 0 Å². The van der Waals surface area contributed by atoms with Crippen LogP contribution in [-0.4, -0.2) is 82.0 Å². The fraction of sp³-hybridized carbons (Fsp3) is 0.412. The number of amides is 3. The molecule has 0 radical (unpaired) electrons. The first-order chi connectivity index (χ1) is 13.7. The summed E-state index contributed by atoms with van der Waals surface area (Å²) in [5, 5.41) is 42.8. The Bertz CT molecular complexity index is 725. The zero-order valence-electron chi connectivity index (χ0n) is 15.4. The van der Waals surface area contributed by atoms with Crippen molar-refractivity contribution in [1.82, 2.24) is 16.0 Å². The molecule has 1 aromatic rings. The summed E-state index contributed by atoms with van der Waals surface area (Å²) >= 11 is 0. The zero-order chi connectivity index (χ0) is 22.0. The fourth-order valence-corrected chi connectivity index (χ4v) is 2.19. The van der Waals surface area contributed by atoms with Crippen molar-refractivity contribution in [3.63, 3.8) is 0 Å². The molecule has 3 atom stereocenters. The lowest BCUT2D eigenvalue weighted by Crippen LogP contribution is -2.57. The predicted octanol–water partition coefficient (Wildman–Crippen LogP) is -3.58. The molecule has 12 heteroatoms. The van der Waals surface area contributed by atoms with Gasteiger partial charge >= 0.3 is 5.97 Å². The van der Waals surface area contributed by atoms with E-state index in [1.54, 1.807) is 0 Å². The SMILES string of the molecule is NC(CO)C(=O)NC(Cc1ccc(O)cc1)C(=O)NC(CO)C(=O)NCC(=O)O. The van der Waals surface area contributed by atoms with E-state index in [1.165, 1.54) is 24.3 Å². The van der Waals surface area contributed by atoms with Crippen LogP contribution in [0.5, 0.6) is 5.75 Å². The number of nitrogens with one attached hydrogen (secondary N) is 3. The summed E-state index contributed by atoms with van der Waals surface area (Å²) in [6, 6.07) is 1.81. The Labute approximate surface area is 165 Å². The van der Waals surface area contributed by atoms with Crippen molar-refractivity contribution < 1.29 is 39.6 Å². The van der Waals surface area contributed by atoms with Crippen LogP contribution in [0.4, 0.5) is 0 Å². The molecule has 0 bridgehead atoms. The summed E-state index contributed by atoms with van der Waals surface area (Å²) in [5.74, 6) is -3.90. The molecule has 0 aliphatic carbocycles. The first kappa shape index (κ1) is 23.8. The van der Waals surface area contributed by atoms with Gasteiger partial charge in [0.15, 0.2) is 0 Å². The third-order valence-electron chi connectivity index (χ3n) is 3.77. The second-order valence-electron chi connectivity index (χ2n) is 6.08. The van der Waals surface area contributed by atoms with Gasteiger partial charge in [-0.05, 0) is 17.7 Å². The average Bonchev–Trinajstić information content (AvgIpc) is 2.70. The number of aliphatic hydroxyl groups is 2. The standard InChI is InChI=1S/C17H24N4O8/c18-11(7-22)15(27)20-12(5-9-1-3-10(24)4-2-9)17(29)21-13(8-23)16(28)19-6-14(25)26/h1-4,11-13,22-24H,5-8,18H2,(H,19,28)(H,20,27)(H,21,29)(H,25,26). The highest BCUT2D eigenvalue weighted by molar-refractivity contribution is 5.93. The zero-order valence-corrected chi connectivity index (χ0v) is 15.4. The molecule has 3 unspecified atom stereocenters. The lowest BCUT2D eigenvalue weighted by atomic mass is 10.0. The number of phenolic OH excluding ortho intramolecular Hbond substituents is 1. The molecule has 0 saturated heterocycles. The Morgan fingerprint density at radius 1 is 0.897 bits per heavy atom. The number of aliphatic hydroxyl groups excluding tert-OH is 2. The van der Waals surface area contributed by atoms with Crippen LogP contribution in [0.3, 0.4) is 0 Å². The number of carbonyl (C=O) groups is 4. The molecule has 0 saturated carbocycles. The highest BCUT2D eigenvalue weighted by Gasteiger charge is 2.28. The molecule has 9 N–H and O–H groups in total. The third-order valence-corrected chi connectivity index (χ3v) is 3.77. The number of nitrogens with two attached hydrogens (primary N) is 1. The maximum Gasteiger partial charge on any atom is 0.322 e. The number of aliphatic carboxylic acids is 1. The second kappa shape index (κ2) is 11.6. The van der Waals surface area contributed by atoms with Crippen molar-refractivity contribution in [3.05, 3.63) is 29.8 Å². The Kier molecular flexibility index (Phi) is 9.51. The van der Waals surface area contributed by atoms with E-state index in [9.17, 15) is 29.4 Å². The van der Waals surface area contributed by atoms with Crippen molar-refractivity contribution in [1.29, 1.82) is 0 Å². The van der Waals surface area contributed by atoms with Gasteiger partial charge in [0.2, 0.25) is 17.7 Å². The van der Waals surface area contributed by atoms with Crippen molar-refractivity contribution in [3.8, 4) is 5.75 Å². The molecule has 0 aliphatic rings. The second-order valence-corrected chi connectivity index (χ2v) is 6.08. The van der Waals surface area contributed by atoms with E-state index in [4.69, 9.17) is 15.9 Å². The van der Waals surface area contributed by atoms with Crippen molar-refractivity contribution in [2.45, 2.75) is 24.5 Å². The van der Waals surface area contributed by atoms with Crippen molar-refractivity contribution in [2.75, 3.05) is 19.8 Å². The van der Waals surface area contributed by atoms with E-state index in [1.807, 2.05) is 5.32 Å². The Balaban J connectivity index is 2.92. The summed E-state index contributed by atoms with van der Waals surface area (Å²) in [6.07, 6.45) is -0.0507. The predicted molar refractivity (Wildman–Crippen MR) is 98.5 cm³/mol. The number of carbonyl (C=O) groups excluding carboxylic acids is 3. The minimum absolute atomic E-state index is 0.00321. The number of carboxylic acids is 1. The average molecular weight is 412 g/mol. The van der Waals surface area contributed by atoms with E-state index in [0.717, 1.165) is 0 Å². The molecule has 29 heavy (non-hydrogen) atoms. The van der Waals surface area contributed by atoms with Gasteiger partial charge in [-0.2, -0.15) is 0 Å². The van der Waals surface area contributed by atoms with Crippen molar-refractivity contribution >= 4 is 23.7 Å². The number of aromatic hydroxyl groups is 1. The number of phenols is 1. The van der Waals surface area contributed by atoms with Gasteiger partial charge in [0.05, 0.1) is 13.2 Å².